The first-order valence-corrected chi connectivity index (χ1v) is 10.0. The fourth-order valence-corrected chi connectivity index (χ4v) is 3.85. The highest BCUT2D eigenvalue weighted by Crippen LogP contribution is 2.20. The standard InChI is InChI=1S/C21H26N6O2/c1-17(28)24-8-14-27(15-9-24)21(29)19-16-18(5-7-22-19)25-10-12-26(13-11-25)20-4-2-3-6-23-20/h2-7,16H,8-15H2,1H3. The fraction of sp³-hybridized carbons (Fsp3) is 0.429. The van der Waals surface area contributed by atoms with Crippen molar-refractivity contribution in [1.82, 2.24) is 19.8 Å². The molecule has 0 atom stereocenters. The van der Waals surface area contributed by atoms with E-state index in [0.717, 1.165) is 37.7 Å². The molecule has 0 aliphatic carbocycles. The largest absolute Gasteiger partial charge is 0.368 e. The fourth-order valence-electron chi connectivity index (χ4n) is 3.85. The molecule has 0 saturated carbocycles. The number of nitrogens with zero attached hydrogens (tertiary/aromatic N) is 6. The summed E-state index contributed by atoms with van der Waals surface area (Å²) in [6.07, 6.45) is 3.53. The van der Waals surface area contributed by atoms with Crippen LogP contribution in [0.5, 0.6) is 0 Å². The summed E-state index contributed by atoms with van der Waals surface area (Å²) in [5, 5.41) is 0. The molecule has 0 N–H and O–H groups in total. The van der Waals surface area contributed by atoms with Crippen molar-refractivity contribution in [2.45, 2.75) is 6.92 Å². The van der Waals surface area contributed by atoms with E-state index in [0.29, 0.717) is 31.9 Å². The van der Waals surface area contributed by atoms with Crippen molar-refractivity contribution in [1.29, 1.82) is 0 Å². The minimum Gasteiger partial charge on any atom is -0.368 e. The zero-order chi connectivity index (χ0) is 20.2. The van der Waals surface area contributed by atoms with Gasteiger partial charge in [0.1, 0.15) is 11.5 Å². The Morgan fingerprint density at radius 3 is 2.14 bits per heavy atom. The Hall–Kier alpha value is -3.16. The summed E-state index contributed by atoms with van der Waals surface area (Å²) in [6, 6.07) is 9.81. The number of carbonyl (C=O) groups excluding carboxylic acids is 2. The molecular formula is C21H26N6O2. The highest BCUT2D eigenvalue weighted by Gasteiger charge is 2.25. The van der Waals surface area contributed by atoms with Crippen molar-refractivity contribution in [2.75, 3.05) is 62.2 Å². The maximum atomic E-state index is 12.9. The molecule has 8 heteroatoms. The topological polar surface area (TPSA) is 72.9 Å². The second kappa shape index (κ2) is 8.46. The lowest BCUT2D eigenvalue weighted by Crippen LogP contribution is -2.50. The molecule has 152 valence electrons. The maximum Gasteiger partial charge on any atom is 0.272 e. The highest BCUT2D eigenvalue weighted by atomic mass is 16.2. The van der Waals surface area contributed by atoms with Crippen LogP contribution >= 0.6 is 0 Å². The van der Waals surface area contributed by atoms with Crippen molar-refractivity contribution < 1.29 is 9.59 Å². The third kappa shape index (κ3) is 4.31. The van der Waals surface area contributed by atoms with Gasteiger partial charge < -0.3 is 19.6 Å². The normalized spacial score (nSPS) is 17.4. The predicted octanol–water partition coefficient (Wildman–Crippen LogP) is 1.11. The average molecular weight is 394 g/mol. The molecule has 2 aromatic rings. The molecule has 4 rings (SSSR count). The molecule has 0 unspecified atom stereocenters. The van der Waals surface area contributed by atoms with Gasteiger partial charge in [0.2, 0.25) is 5.91 Å². The van der Waals surface area contributed by atoms with Crippen molar-refractivity contribution in [3.63, 3.8) is 0 Å². The molecule has 0 aromatic carbocycles. The van der Waals surface area contributed by atoms with E-state index in [1.54, 1.807) is 22.9 Å². The van der Waals surface area contributed by atoms with E-state index in [9.17, 15) is 9.59 Å². The van der Waals surface area contributed by atoms with Crippen LogP contribution in [-0.2, 0) is 4.79 Å². The summed E-state index contributed by atoms with van der Waals surface area (Å²) in [6.45, 7) is 7.32. The van der Waals surface area contributed by atoms with Crippen LogP contribution in [0.4, 0.5) is 11.5 Å². The van der Waals surface area contributed by atoms with Gasteiger partial charge in [-0.15, -0.1) is 0 Å². The number of hydrogen-bond acceptors (Lipinski definition) is 6. The Morgan fingerprint density at radius 1 is 0.793 bits per heavy atom. The molecule has 8 nitrogen and oxygen atoms in total. The van der Waals surface area contributed by atoms with Gasteiger partial charge in [-0.05, 0) is 24.3 Å². The third-order valence-electron chi connectivity index (χ3n) is 5.59. The number of carbonyl (C=O) groups is 2. The van der Waals surface area contributed by atoms with E-state index in [1.165, 1.54) is 0 Å². The Morgan fingerprint density at radius 2 is 1.48 bits per heavy atom. The van der Waals surface area contributed by atoms with Crippen LogP contribution < -0.4 is 9.80 Å². The van der Waals surface area contributed by atoms with Gasteiger partial charge in [-0.2, -0.15) is 0 Å². The van der Waals surface area contributed by atoms with E-state index in [-0.39, 0.29) is 11.8 Å². The number of rotatable bonds is 3. The van der Waals surface area contributed by atoms with Gasteiger partial charge >= 0.3 is 0 Å². The zero-order valence-electron chi connectivity index (χ0n) is 16.7. The quantitative estimate of drug-likeness (QED) is 0.777. The van der Waals surface area contributed by atoms with Gasteiger partial charge in [0.15, 0.2) is 0 Å². The van der Waals surface area contributed by atoms with Gasteiger partial charge in [-0.3, -0.25) is 14.6 Å². The smallest absolute Gasteiger partial charge is 0.272 e. The first-order valence-electron chi connectivity index (χ1n) is 10.0. The second-order valence-corrected chi connectivity index (χ2v) is 7.36. The predicted molar refractivity (Wildman–Crippen MR) is 111 cm³/mol. The molecule has 2 saturated heterocycles. The van der Waals surface area contributed by atoms with Gasteiger partial charge in [-0.1, -0.05) is 6.07 Å². The van der Waals surface area contributed by atoms with Crippen LogP contribution in [-0.4, -0.2) is 83.9 Å². The number of pyridine rings is 2. The Bertz CT molecular complexity index is 858. The third-order valence-corrected chi connectivity index (χ3v) is 5.59. The van der Waals surface area contributed by atoms with Crippen LogP contribution in [0.25, 0.3) is 0 Å². The molecule has 0 spiro atoms. The second-order valence-electron chi connectivity index (χ2n) is 7.36. The lowest BCUT2D eigenvalue weighted by atomic mass is 10.2. The number of piperazine rings is 2. The van der Waals surface area contributed by atoms with Gasteiger partial charge in [0, 0.05) is 77.4 Å². The summed E-state index contributed by atoms with van der Waals surface area (Å²) in [7, 11) is 0. The van der Waals surface area contributed by atoms with Gasteiger partial charge in [0.25, 0.3) is 5.91 Å². The molecule has 2 amide bonds. The highest BCUT2D eigenvalue weighted by molar-refractivity contribution is 5.93. The van der Waals surface area contributed by atoms with Crippen LogP contribution in [0, 0.1) is 0 Å². The summed E-state index contributed by atoms with van der Waals surface area (Å²) >= 11 is 0. The van der Waals surface area contributed by atoms with Gasteiger partial charge in [-0.25, -0.2) is 4.98 Å². The van der Waals surface area contributed by atoms with E-state index in [4.69, 9.17) is 0 Å². The molecule has 2 aromatic heterocycles. The summed E-state index contributed by atoms with van der Waals surface area (Å²) in [5.41, 5.74) is 1.48. The van der Waals surface area contributed by atoms with E-state index in [2.05, 4.69) is 19.8 Å². The number of anilines is 2. The Kier molecular flexibility index (Phi) is 5.59. The monoisotopic (exact) mass is 394 g/mol. The van der Waals surface area contributed by atoms with Crippen molar-refractivity contribution >= 4 is 23.3 Å². The van der Waals surface area contributed by atoms with E-state index >= 15 is 0 Å². The molecular weight excluding hydrogens is 368 g/mol. The Labute approximate surface area is 170 Å². The molecule has 2 aliphatic rings. The maximum absolute atomic E-state index is 12.9. The number of aromatic nitrogens is 2. The zero-order valence-corrected chi connectivity index (χ0v) is 16.7. The minimum absolute atomic E-state index is 0.0575. The average Bonchev–Trinajstić information content (AvgIpc) is 2.79. The first kappa shape index (κ1) is 19.2. The van der Waals surface area contributed by atoms with Crippen molar-refractivity contribution in [3.8, 4) is 0 Å². The molecule has 0 bridgehead atoms. The number of hydrogen-bond donors (Lipinski definition) is 0. The van der Waals surface area contributed by atoms with Crippen molar-refractivity contribution in [2.24, 2.45) is 0 Å². The van der Waals surface area contributed by atoms with Gasteiger partial charge in [0.05, 0.1) is 0 Å². The summed E-state index contributed by atoms with van der Waals surface area (Å²) in [4.78, 5) is 41.2. The van der Waals surface area contributed by atoms with Crippen molar-refractivity contribution in [3.05, 3.63) is 48.4 Å². The van der Waals surface area contributed by atoms with Crippen LogP contribution in [0.1, 0.15) is 17.4 Å². The van der Waals surface area contributed by atoms with E-state index in [1.807, 2.05) is 36.5 Å². The summed E-state index contributed by atoms with van der Waals surface area (Å²) in [5.74, 6) is 0.992. The molecule has 4 heterocycles. The SMILES string of the molecule is CC(=O)N1CCN(C(=O)c2cc(N3CCN(c4ccccn4)CC3)ccn2)CC1. The molecule has 2 fully saturated rings. The molecule has 0 radical (unpaired) electrons. The lowest BCUT2D eigenvalue weighted by Gasteiger charge is -2.37. The van der Waals surface area contributed by atoms with Crippen LogP contribution in [0.2, 0.25) is 0 Å². The van der Waals surface area contributed by atoms with Crippen LogP contribution in [0.3, 0.4) is 0 Å². The first-order chi connectivity index (χ1) is 14.1. The lowest BCUT2D eigenvalue weighted by molar-refractivity contribution is -0.130. The van der Waals surface area contributed by atoms with Crippen LogP contribution in [0.15, 0.2) is 42.7 Å². The number of amides is 2. The molecule has 2 aliphatic heterocycles. The molecule has 29 heavy (non-hydrogen) atoms. The minimum atomic E-state index is -0.0674. The Balaban J connectivity index is 1.38. The van der Waals surface area contributed by atoms with E-state index < -0.39 is 0 Å². The summed E-state index contributed by atoms with van der Waals surface area (Å²) < 4.78 is 0.